The number of amides is 1. The Labute approximate surface area is 385 Å². The van der Waals surface area contributed by atoms with Gasteiger partial charge in [0.1, 0.15) is 0 Å². The van der Waals surface area contributed by atoms with Gasteiger partial charge in [-0.05, 0) is 64.2 Å². The molecule has 0 rings (SSSR count). The molecule has 0 aromatic heterocycles. The number of rotatable bonds is 50. The lowest BCUT2D eigenvalue weighted by atomic mass is 10.0. The Hall–Kier alpha value is -1.92. The summed E-state index contributed by atoms with van der Waals surface area (Å²) in [6.45, 7) is 4.85. The van der Waals surface area contributed by atoms with E-state index in [0.29, 0.717) is 19.4 Å². The lowest BCUT2D eigenvalue weighted by Gasteiger charge is -2.20. The van der Waals surface area contributed by atoms with Crippen LogP contribution in [-0.4, -0.2) is 47.4 Å². The third-order valence-corrected chi connectivity index (χ3v) is 12.4. The van der Waals surface area contributed by atoms with Crippen molar-refractivity contribution >= 4 is 11.9 Å². The Morgan fingerprint density at radius 2 is 0.790 bits per heavy atom. The Kier molecular flexibility index (Phi) is 50.1. The van der Waals surface area contributed by atoms with Gasteiger partial charge in [0.2, 0.25) is 5.91 Å². The van der Waals surface area contributed by atoms with E-state index in [4.69, 9.17) is 4.74 Å². The van der Waals surface area contributed by atoms with Gasteiger partial charge in [0.25, 0.3) is 0 Å². The van der Waals surface area contributed by atoms with Crippen LogP contribution in [0, 0.1) is 0 Å². The summed E-state index contributed by atoms with van der Waals surface area (Å²) in [7, 11) is 0. The first-order valence-electron chi connectivity index (χ1n) is 27.3. The number of carbonyl (C=O) groups excluding carboxylic acids is 2. The molecule has 0 aromatic rings. The minimum absolute atomic E-state index is 0.0216. The molecule has 0 aliphatic carbocycles. The minimum Gasteiger partial charge on any atom is -0.466 e. The van der Waals surface area contributed by atoms with Crippen LogP contribution in [0.2, 0.25) is 0 Å². The molecule has 0 saturated carbocycles. The van der Waals surface area contributed by atoms with Crippen molar-refractivity contribution in [1.82, 2.24) is 5.32 Å². The average molecular weight is 872 g/mol. The summed E-state index contributed by atoms with van der Waals surface area (Å²) >= 11 is 0. The fourth-order valence-corrected chi connectivity index (χ4v) is 8.21. The Morgan fingerprint density at radius 1 is 0.452 bits per heavy atom. The molecule has 0 fully saturated rings. The van der Waals surface area contributed by atoms with E-state index in [9.17, 15) is 19.8 Å². The number of nitrogens with one attached hydrogen (secondary N) is 1. The largest absolute Gasteiger partial charge is 0.466 e. The van der Waals surface area contributed by atoms with E-state index in [1.54, 1.807) is 6.08 Å². The third-order valence-electron chi connectivity index (χ3n) is 12.4. The second-order valence-electron chi connectivity index (χ2n) is 18.6. The van der Waals surface area contributed by atoms with Crippen molar-refractivity contribution in [3.63, 3.8) is 0 Å². The number of hydrogen-bond acceptors (Lipinski definition) is 5. The van der Waals surface area contributed by atoms with Gasteiger partial charge in [0, 0.05) is 12.8 Å². The maximum atomic E-state index is 12.4. The Balaban J connectivity index is 3.56. The maximum absolute atomic E-state index is 12.4. The monoisotopic (exact) mass is 872 g/mol. The normalized spacial score (nSPS) is 12.9. The van der Waals surface area contributed by atoms with Crippen molar-refractivity contribution in [2.24, 2.45) is 0 Å². The summed E-state index contributed by atoms with van der Waals surface area (Å²) in [5.74, 6) is -0.111. The van der Waals surface area contributed by atoms with E-state index in [0.717, 1.165) is 77.0 Å². The van der Waals surface area contributed by atoms with Gasteiger partial charge < -0.3 is 20.3 Å². The van der Waals surface area contributed by atoms with E-state index in [1.165, 1.54) is 180 Å². The molecule has 364 valence electrons. The van der Waals surface area contributed by atoms with E-state index >= 15 is 0 Å². The van der Waals surface area contributed by atoms with E-state index in [2.05, 4.69) is 43.5 Å². The van der Waals surface area contributed by atoms with Crippen LogP contribution < -0.4 is 5.32 Å². The van der Waals surface area contributed by atoms with E-state index < -0.39 is 12.1 Å². The molecular weight excluding hydrogens is 767 g/mol. The van der Waals surface area contributed by atoms with Gasteiger partial charge in [0.15, 0.2) is 0 Å². The van der Waals surface area contributed by atoms with Gasteiger partial charge in [0.05, 0.1) is 25.4 Å². The molecular formula is C56H105NO5. The SMILES string of the molecule is CCCCCCCCCCCCCCCCC/C=C/C(O)C(CO)NC(=O)CCCCCCCC/C=C\C=C/CCCCCOC(=O)CCCCCCCCCCCCCCC. The molecule has 0 radical (unpaired) electrons. The first-order chi connectivity index (χ1) is 30.5. The molecule has 0 aromatic carbocycles. The zero-order valence-electron chi connectivity index (χ0n) is 41.4. The van der Waals surface area contributed by atoms with Crippen molar-refractivity contribution in [2.45, 2.75) is 296 Å². The fourth-order valence-electron chi connectivity index (χ4n) is 8.21. The topological polar surface area (TPSA) is 95.9 Å². The minimum atomic E-state index is -0.859. The van der Waals surface area contributed by atoms with Crippen LogP contribution >= 0.6 is 0 Å². The number of carbonyl (C=O) groups is 2. The molecule has 0 aliphatic heterocycles. The van der Waals surface area contributed by atoms with Crippen LogP contribution in [0.4, 0.5) is 0 Å². The Morgan fingerprint density at radius 3 is 1.19 bits per heavy atom. The van der Waals surface area contributed by atoms with Gasteiger partial charge in [-0.15, -0.1) is 0 Å². The molecule has 0 bridgehead atoms. The number of unbranched alkanes of at least 4 members (excludes halogenated alkanes) is 36. The van der Waals surface area contributed by atoms with E-state index in [-0.39, 0.29) is 18.5 Å². The molecule has 6 nitrogen and oxygen atoms in total. The molecule has 0 saturated heterocycles. The predicted octanol–water partition coefficient (Wildman–Crippen LogP) is 16.5. The maximum Gasteiger partial charge on any atom is 0.305 e. The van der Waals surface area contributed by atoms with Crippen molar-refractivity contribution in [3.8, 4) is 0 Å². The summed E-state index contributed by atoms with van der Waals surface area (Å²) in [5, 5.41) is 23.1. The predicted molar refractivity (Wildman–Crippen MR) is 269 cm³/mol. The molecule has 62 heavy (non-hydrogen) atoms. The van der Waals surface area contributed by atoms with Gasteiger partial charge in [-0.2, -0.15) is 0 Å². The van der Waals surface area contributed by atoms with Gasteiger partial charge >= 0.3 is 5.97 Å². The van der Waals surface area contributed by atoms with Crippen molar-refractivity contribution in [3.05, 3.63) is 36.5 Å². The van der Waals surface area contributed by atoms with Crippen molar-refractivity contribution < 1.29 is 24.5 Å². The average Bonchev–Trinajstić information content (AvgIpc) is 3.27. The van der Waals surface area contributed by atoms with Crippen LogP contribution in [-0.2, 0) is 14.3 Å². The lowest BCUT2D eigenvalue weighted by Crippen LogP contribution is -2.45. The molecule has 0 spiro atoms. The first kappa shape index (κ1) is 60.1. The summed E-state index contributed by atoms with van der Waals surface area (Å²) in [6, 6.07) is -0.644. The smallest absolute Gasteiger partial charge is 0.305 e. The molecule has 6 heteroatoms. The van der Waals surface area contributed by atoms with Crippen LogP contribution in [0.3, 0.4) is 0 Å². The van der Waals surface area contributed by atoms with E-state index in [1.807, 2.05) is 6.08 Å². The summed E-state index contributed by atoms with van der Waals surface area (Å²) < 4.78 is 5.44. The number of esters is 1. The highest BCUT2D eigenvalue weighted by Gasteiger charge is 2.18. The summed E-state index contributed by atoms with van der Waals surface area (Å²) in [5.41, 5.74) is 0. The molecule has 3 N–H and O–H groups in total. The molecule has 1 amide bonds. The highest BCUT2D eigenvalue weighted by Crippen LogP contribution is 2.16. The van der Waals surface area contributed by atoms with Gasteiger partial charge in [-0.3, -0.25) is 9.59 Å². The number of allylic oxidation sites excluding steroid dienone is 5. The highest BCUT2D eigenvalue weighted by molar-refractivity contribution is 5.76. The van der Waals surface area contributed by atoms with Crippen LogP contribution in [0.5, 0.6) is 0 Å². The number of aliphatic hydroxyl groups is 2. The number of ether oxygens (including phenoxy) is 1. The molecule has 0 heterocycles. The zero-order chi connectivity index (χ0) is 45.1. The van der Waals surface area contributed by atoms with Crippen molar-refractivity contribution in [1.29, 1.82) is 0 Å². The van der Waals surface area contributed by atoms with Crippen molar-refractivity contribution in [2.75, 3.05) is 13.2 Å². The lowest BCUT2D eigenvalue weighted by molar-refractivity contribution is -0.143. The summed E-state index contributed by atoms with van der Waals surface area (Å²) in [4.78, 5) is 24.4. The fraction of sp³-hybridized carbons (Fsp3) is 0.857. The van der Waals surface area contributed by atoms with Gasteiger partial charge in [-0.1, -0.05) is 243 Å². The molecule has 2 unspecified atom stereocenters. The van der Waals surface area contributed by atoms with Crippen LogP contribution in [0.15, 0.2) is 36.5 Å². The first-order valence-corrected chi connectivity index (χ1v) is 27.3. The molecule has 0 aliphatic rings. The quantitative estimate of drug-likeness (QED) is 0.0245. The number of aliphatic hydroxyl groups excluding tert-OH is 2. The third kappa shape index (κ3) is 47.6. The number of hydrogen-bond donors (Lipinski definition) is 3. The highest BCUT2D eigenvalue weighted by atomic mass is 16.5. The second-order valence-corrected chi connectivity index (χ2v) is 18.6. The summed E-state index contributed by atoms with van der Waals surface area (Å²) in [6.07, 6.45) is 62.9. The van der Waals surface area contributed by atoms with Crippen LogP contribution in [0.25, 0.3) is 0 Å². The second kappa shape index (κ2) is 51.7. The standard InChI is InChI=1S/C56H105NO5/c1-3-5-7-9-11-13-15-17-18-19-21-25-28-32-36-40-44-48-54(59)53(52-58)57-55(60)49-45-41-37-33-29-26-22-20-23-27-31-35-39-43-47-51-62-56(61)50-46-42-38-34-30-24-16-14-12-10-8-6-4-2/h20,23,27,31,44,48,53-54,58-59H,3-19,21-22,24-26,28-30,32-43,45-47,49-52H2,1-2H3,(H,57,60)/b23-20-,31-27-,48-44+. The molecule has 2 atom stereocenters. The van der Waals surface area contributed by atoms with Gasteiger partial charge in [-0.25, -0.2) is 0 Å². The Bertz CT molecular complexity index is 1010. The zero-order valence-corrected chi connectivity index (χ0v) is 41.4. The van der Waals surface area contributed by atoms with Crippen LogP contribution in [0.1, 0.15) is 284 Å².